The van der Waals surface area contributed by atoms with E-state index in [4.69, 9.17) is 36.3 Å². The number of carboxylic acid groups (broad SMARTS) is 1. The lowest BCUT2D eigenvalue weighted by Gasteiger charge is -2.19. The van der Waals surface area contributed by atoms with Crippen LogP contribution < -0.4 is 26.6 Å². The lowest BCUT2D eigenvalue weighted by Crippen LogP contribution is -2.21. The quantitative estimate of drug-likeness (QED) is 0.100. The Morgan fingerprint density at radius 1 is 1.20 bits per heavy atom. The monoisotopic (exact) mass is 623 g/mol. The van der Waals surface area contributed by atoms with Crippen LogP contribution in [0.3, 0.4) is 0 Å². The molecule has 0 spiro atoms. The zero-order chi connectivity index (χ0) is 32.6. The zero-order valence-electron chi connectivity index (χ0n) is 22.9. The minimum absolute atomic E-state index is 0.0902. The number of rotatable bonds is 10. The van der Waals surface area contributed by atoms with Gasteiger partial charge in [-0.3, -0.25) is 10.4 Å². The maximum Gasteiger partial charge on any atom is 0.490 e. The van der Waals surface area contributed by atoms with Gasteiger partial charge in [0, 0.05) is 23.4 Å². The van der Waals surface area contributed by atoms with Crippen molar-refractivity contribution < 1.29 is 41.3 Å². The highest BCUT2D eigenvalue weighted by atomic mass is 19.4. The summed E-state index contributed by atoms with van der Waals surface area (Å²) in [5.74, 6) is -4.08. The number of nitrogens with one attached hydrogen (secondary N) is 2. The summed E-state index contributed by atoms with van der Waals surface area (Å²) in [5.41, 5.74) is 12.5. The Labute approximate surface area is 245 Å². The Bertz CT molecular complexity index is 1670. The molecule has 2 aromatic carbocycles. The molecule has 0 aliphatic carbocycles. The van der Waals surface area contributed by atoms with Crippen LogP contribution in [0.2, 0.25) is 0 Å². The summed E-state index contributed by atoms with van der Waals surface area (Å²) in [6.07, 6.45) is -3.42. The molecule has 0 fully saturated rings. The summed E-state index contributed by atoms with van der Waals surface area (Å²) in [6, 6.07) is 12.8. The molecule has 1 atom stereocenters. The van der Waals surface area contributed by atoms with Gasteiger partial charge in [0.1, 0.15) is 30.7 Å². The van der Waals surface area contributed by atoms with Crippen LogP contribution in [0.25, 0.3) is 5.82 Å². The molecule has 0 saturated heterocycles. The van der Waals surface area contributed by atoms with Crippen molar-refractivity contribution in [1.29, 1.82) is 5.41 Å². The van der Waals surface area contributed by atoms with Gasteiger partial charge in [0.05, 0.1) is 18.7 Å². The second-order valence-electron chi connectivity index (χ2n) is 8.88. The van der Waals surface area contributed by atoms with E-state index in [9.17, 15) is 22.4 Å². The second-order valence-corrected chi connectivity index (χ2v) is 8.88. The third kappa shape index (κ3) is 8.08. The van der Waals surface area contributed by atoms with E-state index in [2.05, 4.69) is 15.1 Å². The number of aromatic nitrogens is 4. The van der Waals surface area contributed by atoms with Crippen LogP contribution in [-0.2, 0) is 11.2 Å². The largest absolute Gasteiger partial charge is 0.497 e. The average molecular weight is 624 g/mol. The van der Waals surface area contributed by atoms with Crippen LogP contribution in [0.5, 0.6) is 11.5 Å². The number of nitrogens with zero attached hydrogens (tertiary/aromatic N) is 3. The SMILES string of the molecule is COc1cc(OCCF)c(F)c(C(Cc2ccc(C(=N)N)cc2)c2nn(-c3ncccc3N)c(=O)[nH]2)c1.O=C(O)C(F)(F)F. The third-order valence-corrected chi connectivity index (χ3v) is 5.92. The van der Waals surface area contributed by atoms with Crippen LogP contribution in [0, 0.1) is 11.2 Å². The Balaban J connectivity index is 0.000000676. The van der Waals surface area contributed by atoms with Gasteiger partial charge < -0.3 is 26.0 Å². The molecule has 7 N–H and O–H groups in total. The van der Waals surface area contributed by atoms with E-state index in [0.29, 0.717) is 5.56 Å². The second kappa shape index (κ2) is 14.1. The fourth-order valence-corrected chi connectivity index (χ4v) is 3.86. The molecule has 0 aliphatic rings. The number of alkyl halides is 4. The first kappa shape index (κ1) is 33.0. The zero-order valence-corrected chi connectivity index (χ0v) is 22.9. The van der Waals surface area contributed by atoms with Crippen LogP contribution in [0.1, 0.15) is 28.4 Å². The number of amidine groups is 1. The number of hydrogen-bond acceptors (Lipinski definition) is 8. The maximum atomic E-state index is 15.7. The van der Waals surface area contributed by atoms with Crippen molar-refractivity contribution in [2.24, 2.45) is 5.73 Å². The van der Waals surface area contributed by atoms with E-state index in [1.54, 1.807) is 36.4 Å². The lowest BCUT2D eigenvalue weighted by molar-refractivity contribution is -0.192. The van der Waals surface area contributed by atoms with E-state index < -0.39 is 36.2 Å². The predicted octanol–water partition coefficient (Wildman–Crippen LogP) is 3.33. The molecule has 0 bridgehead atoms. The Kier molecular flexibility index (Phi) is 10.6. The van der Waals surface area contributed by atoms with E-state index in [-0.39, 0.29) is 53.3 Å². The highest BCUT2D eigenvalue weighted by Crippen LogP contribution is 2.36. The maximum absolute atomic E-state index is 15.7. The number of carbonyl (C=O) groups is 1. The predicted molar refractivity (Wildman–Crippen MR) is 148 cm³/mol. The molecule has 44 heavy (non-hydrogen) atoms. The Morgan fingerprint density at radius 3 is 2.41 bits per heavy atom. The van der Waals surface area contributed by atoms with E-state index in [1.165, 1.54) is 25.4 Å². The summed E-state index contributed by atoms with van der Waals surface area (Å²) in [4.78, 5) is 28.6. The molecule has 1 unspecified atom stereocenters. The van der Waals surface area contributed by atoms with Crippen LogP contribution in [0.4, 0.5) is 27.6 Å². The molecule has 4 aromatic rings. The van der Waals surface area contributed by atoms with Gasteiger partial charge in [-0.15, -0.1) is 5.10 Å². The summed E-state index contributed by atoms with van der Waals surface area (Å²) in [5, 5.41) is 19.1. The van der Waals surface area contributed by atoms with Crippen molar-refractivity contribution in [1.82, 2.24) is 19.7 Å². The number of aromatic amines is 1. The number of carboxylic acids is 1. The summed E-state index contributed by atoms with van der Waals surface area (Å²) in [7, 11) is 1.41. The highest BCUT2D eigenvalue weighted by molar-refractivity contribution is 5.94. The van der Waals surface area contributed by atoms with E-state index in [0.717, 1.165) is 10.2 Å². The van der Waals surface area contributed by atoms with Crippen molar-refractivity contribution >= 4 is 17.5 Å². The molecular formula is C27H26F5N7O5. The minimum atomic E-state index is -5.08. The average Bonchev–Trinajstić information content (AvgIpc) is 3.36. The third-order valence-electron chi connectivity index (χ3n) is 5.92. The number of benzene rings is 2. The number of hydrogen-bond donors (Lipinski definition) is 5. The lowest BCUT2D eigenvalue weighted by atomic mass is 9.90. The van der Waals surface area contributed by atoms with Gasteiger partial charge in [-0.05, 0) is 30.2 Å². The van der Waals surface area contributed by atoms with Gasteiger partial charge in [0.25, 0.3) is 0 Å². The van der Waals surface area contributed by atoms with Crippen LogP contribution >= 0.6 is 0 Å². The summed E-state index contributed by atoms with van der Waals surface area (Å²) < 4.78 is 71.8. The Morgan fingerprint density at radius 2 is 1.86 bits per heavy atom. The van der Waals surface area contributed by atoms with Crippen molar-refractivity contribution in [3.63, 3.8) is 0 Å². The van der Waals surface area contributed by atoms with Gasteiger partial charge in [0.15, 0.2) is 17.4 Å². The molecule has 2 aromatic heterocycles. The first-order valence-electron chi connectivity index (χ1n) is 12.5. The number of nitrogen functional groups attached to an aromatic ring is 2. The first-order valence-corrected chi connectivity index (χ1v) is 12.5. The molecule has 0 radical (unpaired) electrons. The Hall–Kier alpha value is -5.48. The first-order chi connectivity index (χ1) is 20.8. The number of aliphatic carboxylic acids is 1. The summed E-state index contributed by atoms with van der Waals surface area (Å²) in [6.45, 7) is -1.15. The molecule has 4 rings (SSSR count). The van der Waals surface area contributed by atoms with Gasteiger partial charge in [-0.25, -0.2) is 23.4 Å². The topological polar surface area (TPSA) is 195 Å². The number of H-pyrrole nitrogens is 1. The number of pyridine rings is 1. The number of nitrogens with two attached hydrogens (primary N) is 2. The van der Waals surface area contributed by atoms with Crippen molar-refractivity contribution in [3.05, 3.63) is 93.5 Å². The van der Waals surface area contributed by atoms with Crippen LogP contribution in [0.15, 0.2) is 59.5 Å². The van der Waals surface area contributed by atoms with Crippen LogP contribution in [-0.4, -0.2) is 63.2 Å². The minimum Gasteiger partial charge on any atom is -0.497 e. The van der Waals surface area contributed by atoms with Crippen molar-refractivity contribution in [2.45, 2.75) is 18.5 Å². The fraction of sp³-hybridized carbons (Fsp3) is 0.222. The smallest absolute Gasteiger partial charge is 0.490 e. The molecule has 12 nitrogen and oxygen atoms in total. The molecule has 0 aliphatic heterocycles. The van der Waals surface area contributed by atoms with Crippen molar-refractivity contribution in [2.75, 3.05) is 26.1 Å². The standard InChI is InChI=1S/C25H25F2N7O3.C2HF3O2/c1-36-16-12-17(21(27)20(13-16)37-10-8-26)18(11-14-4-6-15(7-5-14)22(29)30)23-32-25(35)34(33-23)24-19(28)3-2-9-31-24;3-2(4,5)1(6)7/h2-7,9,12-13,18H,8,10-11,28H2,1H3,(H3,29,30)(H,32,33,35);(H,6,7). The number of halogens is 5. The molecule has 0 amide bonds. The summed E-state index contributed by atoms with van der Waals surface area (Å²) >= 11 is 0. The van der Waals surface area contributed by atoms with Gasteiger partial charge >= 0.3 is 17.8 Å². The van der Waals surface area contributed by atoms with Gasteiger partial charge in [0.2, 0.25) is 0 Å². The normalized spacial score (nSPS) is 11.7. The van der Waals surface area contributed by atoms with Crippen molar-refractivity contribution in [3.8, 4) is 17.3 Å². The fourth-order valence-electron chi connectivity index (χ4n) is 3.86. The van der Waals surface area contributed by atoms with E-state index >= 15 is 4.39 Å². The van der Waals surface area contributed by atoms with Gasteiger partial charge in [-0.1, -0.05) is 24.3 Å². The highest BCUT2D eigenvalue weighted by Gasteiger charge is 2.38. The van der Waals surface area contributed by atoms with Gasteiger partial charge in [-0.2, -0.15) is 17.9 Å². The number of anilines is 1. The number of methoxy groups -OCH3 is 1. The molecule has 234 valence electrons. The number of ether oxygens (including phenoxy) is 2. The molecule has 0 saturated carbocycles. The van der Waals surface area contributed by atoms with E-state index in [1.807, 2.05) is 0 Å². The molecule has 17 heteroatoms. The molecule has 2 heterocycles. The molecular weight excluding hydrogens is 597 g/mol.